The summed E-state index contributed by atoms with van der Waals surface area (Å²) in [5, 5.41) is 3.57. The van der Waals surface area contributed by atoms with Gasteiger partial charge in [0.15, 0.2) is 0 Å². The van der Waals surface area contributed by atoms with Crippen LogP contribution in [0.5, 0.6) is 0 Å². The van der Waals surface area contributed by atoms with Gasteiger partial charge in [0.2, 0.25) is 0 Å². The molecule has 2 atom stereocenters. The van der Waals surface area contributed by atoms with Crippen LogP contribution in [0.4, 0.5) is 11.4 Å². The molecule has 94 valence electrons. The van der Waals surface area contributed by atoms with E-state index in [2.05, 4.69) is 40.1 Å². The Balaban J connectivity index is 2.05. The van der Waals surface area contributed by atoms with Gasteiger partial charge in [0.05, 0.1) is 11.4 Å². The molecule has 1 aromatic carbocycles. The molecule has 1 fully saturated rings. The first-order chi connectivity index (χ1) is 8.06. The summed E-state index contributed by atoms with van der Waals surface area (Å²) >= 11 is 3.43. The van der Waals surface area contributed by atoms with E-state index in [1.165, 1.54) is 6.42 Å². The van der Waals surface area contributed by atoms with E-state index in [9.17, 15) is 0 Å². The van der Waals surface area contributed by atoms with E-state index < -0.39 is 0 Å². The molecule has 0 radical (unpaired) electrons. The molecule has 3 nitrogen and oxygen atoms in total. The second-order valence-electron chi connectivity index (χ2n) is 5.01. The van der Waals surface area contributed by atoms with Crippen molar-refractivity contribution < 1.29 is 0 Å². The first-order valence-corrected chi connectivity index (χ1v) is 6.85. The Morgan fingerprint density at radius 1 is 1.47 bits per heavy atom. The number of hydrogen-bond acceptors (Lipinski definition) is 3. The monoisotopic (exact) mass is 297 g/mol. The van der Waals surface area contributed by atoms with Crippen LogP contribution in [0, 0.1) is 5.92 Å². The molecule has 4 heteroatoms. The number of nitrogen functional groups attached to an aromatic ring is 1. The minimum Gasteiger partial charge on any atom is -0.397 e. The number of nitrogens with zero attached hydrogens (tertiary/aromatic N) is 1. The van der Waals surface area contributed by atoms with Crippen molar-refractivity contribution in [2.45, 2.75) is 19.4 Å². The third kappa shape index (κ3) is 3.13. The van der Waals surface area contributed by atoms with Gasteiger partial charge < -0.3 is 16.0 Å². The SMILES string of the molecule is CC1CN(C)CCC1Nc1ccc(Br)cc1N. The van der Waals surface area contributed by atoms with Gasteiger partial charge in [-0.3, -0.25) is 0 Å². The molecule has 2 unspecified atom stereocenters. The number of benzene rings is 1. The van der Waals surface area contributed by atoms with Crippen molar-refractivity contribution in [3.05, 3.63) is 22.7 Å². The van der Waals surface area contributed by atoms with Crippen LogP contribution in [-0.4, -0.2) is 31.1 Å². The van der Waals surface area contributed by atoms with Gasteiger partial charge in [0.25, 0.3) is 0 Å². The van der Waals surface area contributed by atoms with Crippen LogP contribution in [0.25, 0.3) is 0 Å². The summed E-state index contributed by atoms with van der Waals surface area (Å²) in [6, 6.07) is 6.54. The van der Waals surface area contributed by atoms with E-state index in [4.69, 9.17) is 5.73 Å². The van der Waals surface area contributed by atoms with Crippen molar-refractivity contribution in [2.24, 2.45) is 5.92 Å². The number of halogens is 1. The molecule has 1 heterocycles. The molecular weight excluding hydrogens is 278 g/mol. The Bertz CT molecular complexity index is 394. The minimum absolute atomic E-state index is 0.523. The largest absolute Gasteiger partial charge is 0.397 e. The van der Waals surface area contributed by atoms with Gasteiger partial charge in [-0.05, 0) is 44.1 Å². The smallest absolute Gasteiger partial charge is 0.0576 e. The molecule has 1 aliphatic rings. The lowest BCUT2D eigenvalue weighted by Gasteiger charge is -2.36. The molecule has 0 aromatic heterocycles. The molecule has 1 aliphatic heterocycles. The highest BCUT2D eigenvalue weighted by atomic mass is 79.9. The van der Waals surface area contributed by atoms with Gasteiger partial charge in [-0.1, -0.05) is 22.9 Å². The van der Waals surface area contributed by atoms with Crippen molar-refractivity contribution in [3.63, 3.8) is 0 Å². The highest BCUT2D eigenvalue weighted by Crippen LogP contribution is 2.26. The van der Waals surface area contributed by atoms with Gasteiger partial charge in [-0.2, -0.15) is 0 Å². The maximum atomic E-state index is 6.01. The number of nitrogens with two attached hydrogens (primary N) is 1. The molecule has 3 N–H and O–H groups in total. The average Bonchev–Trinajstić information content (AvgIpc) is 2.25. The predicted molar refractivity (Wildman–Crippen MR) is 77.2 cm³/mol. The lowest BCUT2D eigenvalue weighted by Crippen LogP contribution is -2.43. The molecule has 0 aliphatic carbocycles. The van der Waals surface area contributed by atoms with Crippen LogP contribution in [0.3, 0.4) is 0 Å². The summed E-state index contributed by atoms with van der Waals surface area (Å²) < 4.78 is 1.02. The zero-order valence-electron chi connectivity index (χ0n) is 10.4. The number of hydrogen-bond donors (Lipinski definition) is 2. The number of likely N-dealkylation sites (tertiary alicyclic amines) is 1. The van der Waals surface area contributed by atoms with Gasteiger partial charge in [-0.25, -0.2) is 0 Å². The van der Waals surface area contributed by atoms with Crippen molar-refractivity contribution >= 4 is 27.3 Å². The van der Waals surface area contributed by atoms with Gasteiger partial charge in [0.1, 0.15) is 0 Å². The van der Waals surface area contributed by atoms with E-state index in [0.717, 1.165) is 28.9 Å². The van der Waals surface area contributed by atoms with E-state index in [1.807, 2.05) is 18.2 Å². The van der Waals surface area contributed by atoms with Crippen molar-refractivity contribution in [1.82, 2.24) is 4.90 Å². The lowest BCUT2D eigenvalue weighted by molar-refractivity contribution is 0.206. The molecule has 1 saturated heterocycles. The zero-order valence-corrected chi connectivity index (χ0v) is 12.0. The maximum absolute atomic E-state index is 6.01. The van der Waals surface area contributed by atoms with Crippen LogP contribution in [0.1, 0.15) is 13.3 Å². The van der Waals surface area contributed by atoms with Gasteiger partial charge in [0, 0.05) is 17.1 Å². The van der Waals surface area contributed by atoms with Crippen LogP contribution < -0.4 is 11.1 Å². The molecule has 0 amide bonds. The Morgan fingerprint density at radius 3 is 2.88 bits per heavy atom. The summed E-state index contributed by atoms with van der Waals surface area (Å²) in [4.78, 5) is 2.38. The first kappa shape index (κ1) is 12.7. The van der Waals surface area contributed by atoms with E-state index in [1.54, 1.807) is 0 Å². The fourth-order valence-electron chi connectivity index (χ4n) is 2.43. The fourth-order valence-corrected chi connectivity index (χ4v) is 2.81. The average molecular weight is 298 g/mol. The Morgan fingerprint density at radius 2 is 2.24 bits per heavy atom. The third-order valence-electron chi connectivity index (χ3n) is 3.46. The van der Waals surface area contributed by atoms with Gasteiger partial charge in [-0.15, -0.1) is 0 Å². The van der Waals surface area contributed by atoms with Crippen molar-refractivity contribution in [3.8, 4) is 0 Å². The normalized spacial score (nSPS) is 25.8. The van der Waals surface area contributed by atoms with Gasteiger partial charge >= 0.3 is 0 Å². The minimum atomic E-state index is 0.523. The lowest BCUT2D eigenvalue weighted by atomic mass is 9.94. The number of nitrogens with one attached hydrogen (secondary N) is 1. The maximum Gasteiger partial charge on any atom is 0.0576 e. The second-order valence-corrected chi connectivity index (χ2v) is 5.93. The Labute approximate surface area is 111 Å². The molecule has 0 bridgehead atoms. The Hall–Kier alpha value is -0.740. The molecule has 0 spiro atoms. The summed E-state index contributed by atoms with van der Waals surface area (Å²) in [7, 11) is 2.18. The van der Waals surface area contributed by atoms with E-state index in [-0.39, 0.29) is 0 Å². The topological polar surface area (TPSA) is 41.3 Å². The van der Waals surface area contributed by atoms with Crippen molar-refractivity contribution in [1.29, 1.82) is 0 Å². The van der Waals surface area contributed by atoms with Crippen LogP contribution in [-0.2, 0) is 0 Å². The number of rotatable bonds is 2. The highest BCUT2D eigenvalue weighted by molar-refractivity contribution is 9.10. The summed E-state index contributed by atoms with van der Waals surface area (Å²) in [5.41, 5.74) is 7.87. The van der Waals surface area contributed by atoms with Crippen LogP contribution in [0.15, 0.2) is 22.7 Å². The molecular formula is C13H20BrN3. The van der Waals surface area contributed by atoms with Crippen molar-refractivity contribution in [2.75, 3.05) is 31.2 Å². The highest BCUT2D eigenvalue weighted by Gasteiger charge is 2.24. The number of piperidine rings is 1. The molecule has 1 aromatic rings. The third-order valence-corrected chi connectivity index (χ3v) is 3.96. The van der Waals surface area contributed by atoms with E-state index >= 15 is 0 Å². The second kappa shape index (κ2) is 5.27. The zero-order chi connectivity index (χ0) is 12.4. The van der Waals surface area contributed by atoms with Crippen LogP contribution >= 0.6 is 15.9 Å². The molecule has 0 saturated carbocycles. The van der Waals surface area contributed by atoms with Crippen LogP contribution in [0.2, 0.25) is 0 Å². The molecule has 2 rings (SSSR count). The molecule has 17 heavy (non-hydrogen) atoms. The summed E-state index contributed by atoms with van der Waals surface area (Å²) in [5.74, 6) is 0.650. The predicted octanol–water partition coefficient (Wildman–Crippen LogP) is 2.78. The first-order valence-electron chi connectivity index (χ1n) is 6.06. The quantitative estimate of drug-likeness (QED) is 0.825. The summed E-state index contributed by atoms with van der Waals surface area (Å²) in [6.45, 7) is 4.59. The van der Waals surface area contributed by atoms with E-state index in [0.29, 0.717) is 12.0 Å². The standard InChI is InChI=1S/C13H20BrN3/c1-9-8-17(2)6-5-12(9)16-13-4-3-10(14)7-11(13)15/h3-4,7,9,12,16H,5-6,8,15H2,1-2H3. The number of anilines is 2. The summed E-state index contributed by atoms with van der Waals surface area (Å²) in [6.07, 6.45) is 1.17. The fraction of sp³-hybridized carbons (Fsp3) is 0.538. The Kier molecular flexibility index (Phi) is 3.94.